The zero-order chi connectivity index (χ0) is 14.3. The Kier molecular flexibility index (Phi) is 6.94. The lowest BCUT2D eigenvalue weighted by molar-refractivity contribution is -0.118. The fourth-order valence-electron chi connectivity index (χ4n) is 1.38. The van der Waals surface area contributed by atoms with Crippen LogP contribution in [0.2, 0.25) is 0 Å². The third-order valence-electron chi connectivity index (χ3n) is 2.30. The zero-order valence-electron chi connectivity index (χ0n) is 11.0. The molecule has 0 unspecified atom stereocenters. The number of benzene rings is 1. The highest BCUT2D eigenvalue weighted by Gasteiger charge is 2.04. The molecule has 104 valence electrons. The van der Waals surface area contributed by atoms with Crippen molar-refractivity contribution in [1.29, 1.82) is 0 Å². The summed E-state index contributed by atoms with van der Waals surface area (Å²) in [5.74, 6) is 1.03. The van der Waals surface area contributed by atoms with Gasteiger partial charge in [-0.2, -0.15) is 11.8 Å². The molecule has 0 aliphatic heterocycles. The highest BCUT2D eigenvalue weighted by molar-refractivity contribution is 9.10. The Balaban J connectivity index is 2.27. The Hall–Kier alpha value is -1.01. The third-order valence-corrected chi connectivity index (χ3v) is 4.14. The van der Waals surface area contributed by atoms with Gasteiger partial charge in [0.25, 0.3) is 0 Å². The van der Waals surface area contributed by atoms with E-state index < -0.39 is 0 Å². The number of thioether (sulfide) groups is 1. The number of halogens is 1. The van der Waals surface area contributed by atoms with Crippen LogP contribution in [0.25, 0.3) is 0 Å². The number of aryl methyl sites for hydroxylation is 1. The maximum Gasteiger partial charge on any atom is 0.234 e. The van der Waals surface area contributed by atoms with Gasteiger partial charge in [0, 0.05) is 29.4 Å². The minimum Gasteiger partial charge on any atom is -0.356 e. The molecule has 1 aromatic carbocycles. The standard InChI is InChI=1S/C13H17BrN2O2S/c1-9-7-11(3-4-12(9)14)16-13(18)8-19-6-5-15-10(2)17/h3-4,7H,5-6,8H2,1-2H3,(H,15,17)(H,16,18). The van der Waals surface area contributed by atoms with Crippen LogP contribution >= 0.6 is 27.7 Å². The zero-order valence-corrected chi connectivity index (χ0v) is 13.4. The molecule has 1 rings (SSSR count). The van der Waals surface area contributed by atoms with Crippen LogP contribution in [0.3, 0.4) is 0 Å². The number of nitrogens with one attached hydrogen (secondary N) is 2. The van der Waals surface area contributed by atoms with Crippen molar-refractivity contribution in [3.8, 4) is 0 Å². The van der Waals surface area contributed by atoms with Gasteiger partial charge in [-0.1, -0.05) is 15.9 Å². The monoisotopic (exact) mass is 344 g/mol. The fourth-order valence-corrected chi connectivity index (χ4v) is 2.28. The van der Waals surface area contributed by atoms with Gasteiger partial charge in [0.1, 0.15) is 0 Å². The first-order valence-corrected chi connectivity index (χ1v) is 7.82. The number of rotatable bonds is 6. The summed E-state index contributed by atoms with van der Waals surface area (Å²) in [7, 11) is 0. The first-order chi connectivity index (χ1) is 8.99. The van der Waals surface area contributed by atoms with Crippen LogP contribution < -0.4 is 10.6 Å². The van der Waals surface area contributed by atoms with E-state index in [1.54, 1.807) is 0 Å². The van der Waals surface area contributed by atoms with E-state index in [-0.39, 0.29) is 11.8 Å². The molecule has 2 N–H and O–H groups in total. The summed E-state index contributed by atoms with van der Waals surface area (Å²) in [6.07, 6.45) is 0. The van der Waals surface area contributed by atoms with Crippen molar-refractivity contribution in [2.45, 2.75) is 13.8 Å². The molecule has 0 aliphatic carbocycles. The number of anilines is 1. The van der Waals surface area contributed by atoms with Crippen LogP contribution in [0, 0.1) is 6.92 Å². The van der Waals surface area contributed by atoms with Crippen LogP contribution in [0.1, 0.15) is 12.5 Å². The molecule has 0 fully saturated rings. The molecular formula is C13H17BrN2O2S. The van der Waals surface area contributed by atoms with Crippen LogP contribution in [0.5, 0.6) is 0 Å². The highest BCUT2D eigenvalue weighted by atomic mass is 79.9. The molecule has 0 radical (unpaired) electrons. The third kappa shape index (κ3) is 6.63. The van der Waals surface area contributed by atoms with Gasteiger partial charge in [0.2, 0.25) is 11.8 Å². The predicted octanol–water partition coefficient (Wildman–Crippen LogP) is 2.57. The molecule has 0 heterocycles. The molecule has 19 heavy (non-hydrogen) atoms. The van der Waals surface area contributed by atoms with Gasteiger partial charge in [-0.25, -0.2) is 0 Å². The number of hydrogen-bond donors (Lipinski definition) is 2. The van der Waals surface area contributed by atoms with Crippen molar-refractivity contribution in [1.82, 2.24) is 5.32 Å². The molecule has 0 atom stereocenters. The summed E-state index contributed by atoms with van der Waals surface area (Å²) in [5, 5.41) is 5.53. The number of carbonyl (C=O) groups excluding carboxylic acids is 2. The van der Waals surface area contributed by atoms with Gasteiger partial charge in [-0.3, -0.25) is 9.59 Å². The molecule has 0 spiro atoms. The van der Waals surface area contributed by atoms with Crippen molar-refractivity contribution in [2.24, 2.45) is 0 Å². The summed E-state index contributed by atoms with van der Waals surface area (Å²) in [4.78, 5) is 22.3. The van der Waals surface area contributed by atoms with E-state index in [9.17, 15) is 9.59 Å². The molecular weight excluding hydrogens is 328 g/mol. The number of amides is 2. The predicted molar refractivity (Wildman–Crippen MR) is 83.5 cm³/mol. The van der Waals surface area contributed by atoms with Gasteiger partial charge in [-0.05, 0) is 30.7 Å². The number of carbonyl (C=O) groups is 2. The van der Waals surface area contributed by atoms with E-state index in [0.29, 0.717) is 12.3 Å². The van der Waals surface area contributed by atoms with Crippen molar-refractivity contribution < 1.29 is 9.59 Å². The van der Waals surface area contributed by atoms with Gasteiger partial charge in [0.15, 0.2) is 0 Å². The van der Waals surface area contributed by atoms with E-state index in [4.69, 9.17) is 0 Å². The maximum absolute atomic E-state index is 11.7. The van der Waals surface area contributed by atoms with E-state index in [2.05, 4.69) is 26.6 Å². The Morgan fingerprint density at radius 1 is 1.37 bits per heavy atom. The summed E-state index contributed by atoms with van der Waals surface area (Å²) in [5.41, 5.74) is 1.88. The van der Waals surface area contributed by atoms with Gasteiger partial charge in [0.05, 0.1) is 5.75 Å². The smallest absolute Gasteiger partial charge is 0.234 e. The first-order valence-electron chi connectivity index (χ1n) is 5.87. The molecule has 0 saturated carbocycles. The lowest BCUT2D eigenvalue weighted by Crippen LogP contribution is -2.23. The van der Waals surface area contributed by atoms with Gasteiger partial charge < -0.3 is 10.6 Å². The summed E-state index contributed by atoms with van der Waals surface area (Å²) >= 11 is 4.91. The SMILES string of the molecule is CC(=O)NCCSCC(=O)Nc1ccc(Br)c(C)c1. The minimum absolute atomic E-state index is 0.0328. The Labute approximate surface area is 125 Å². The molecule has 0 aromatic heterocycles. The second-order valence-corrected chi connectivity index (χ2v) is 6.01. The Morgan fingerprint density at radius 3 is 2.74 bits per heavy atom. The fraction of sp³-hybridized carbons (Fsp3) is 0.385. The van der Waals surface area contributed by atoms with Crippen molar-refractivity contribution >= 4 is 45.2 Å². The van der Waals surface area contributed by atoms with Gasteiger partial charge in [-0.15, -0.1) is 0 Å². The van der Waals surface area contributed by atoms with E-state index in [1.807, 2.05) is 25.1 Å². The van der Waals surface area contributed by atoms with Crippen molar-refractivity contribution in [3.05, 3.63) is 28.2 Å². The van der Waals surface area contributed by atoms with Crippen LogP contribution in [-0.4, -0.2) is 29.9 Å². The summed E-state index contributed by atoms with van der Waals surface area (Å²) in [6.45, 7) is 4.04. The molecule has 4 nitrogen and oxygen atoms in total. The van der Waals surface area contributed by atoms with Crippen LogP contribution in [-0.2, 0) is 9.59 Å². The van der Waals surface area contributed by atoms with E-state index >= 15 is 0 Å². The second kappa shape index (κ2) is 8.22. The van der Waals surface area contributed by atoms with Crippen molar-refractivity contribution in [3.63, 3.8) is 0 Å². The molecule has 1 aromatic rings. The summed E-state index contributed by atoms with van der Waals surface area (Å²) in [6, 6.07) is 5.69. The lowest BCUT2D eigenvalue weighted by atomic mass is 10.2. The highest BCUT2D eigenvalue weighted by Crippen LogP contribution is 2.20. The quantitative estimate of drug-likeness (QED) is 0.779. The lowest BCUT2D eigenvalue weighted by Gasteiger charge is -2.07. The molecule has 0 aliphatic rings. The van der Waals surface area contributed by atoms with Gasteiger partial charge >= 0.3 is 0 Å². The molecule has 6 heteroatoms. The topological polar surface area (TPSA) is 58.2 Å². The molecule has 2 amide bonds. The average Bonchev–Trinajstić information content (AvgIpc) is 2.33. The van der Waals surface area contributed by atoms with E-state index in [0.717, 1.165) is 21.5 Å². The van der Waals surface area contributed by atoms with Crippen LogP contribution in [0.15, 0.2) is 22.7 Å². The normalized spacial score (nSPS) is 10.1. The average molecular weight is 345 g/mol. The van der Waals surface area contributed by atoms with E-state index in [1.165, 1.54) is 18.7 Å². The summed E-state index contributed by atoms with van der Waals surface area (Å²) < 4.78 is 1.02. The number of hydrogen-bond acceptors (Lipinski definition) is 3. The first kappa shape index (κ1) is 16.0. The maximum atomic E-state index is 11.7. The van der Waals surface area contributed by atoms with Crippen LogP contribution in [0.4, 0.5) is 5.69 Å². The largest absolute Gasteiger partial charge is 0.356 e. The molecule has 0 saturated heterocycles. The molecule has 0 bridgehead atoms. The Bertz CT molecular complexity index is 466. The second-order valence-electron chi connectivity index (χ2n) is 4.05. The minimum atomic E-state index is -0.0459. The Morgan fingerprint density at radius 2 is 2.11 bits per heavy atom. The van der Waals surface area contributed by atoms with Crippen molar-refractivity contribution in [2.75, 3.05) is 23.4 Å².